The van der Waals surface area contributed by atoms with Gasteiger partial charge < -0.3 is 10.0 Å². The van der Waals surface area contributed by atoms with Crippen LogP contribution in [0.5, 0.6) is 0 Å². The Balaban J connectivity index is 2.01. The van der Waals surface area contributed by atoms with Crippen molar-refractivity contribution in [1.29, 1.82) is 0 Å². The summed E-state index contributed by atoms with van der Waals surface area (Å²) in [5, 5.41) is 9.53. The summed E-state index contributed by atoms with van der Waals surface area (Å²) >= 11 is 5.66. The lowest BCUT2D eigenvalue weighted by molar-refractivity contribution is -0.128. The quantitative estimate of drug-likeness (QED) is 0.847. The zero-order chi connectivity index (χ0) is 13.8. The molecular weight excluding hydrogens is 269 g/mol. The van der Waals surface area contributed by atoms with Crippen molar-refractivity contribution < 1.29 is 14.3 Å². The Bertz CT molecular complexity index is 504. The summed E-state index contributed by atoms with van der Waals surface area (Å²) in [6, 6.07) is 4.28. The van der Waals surface area contributed by atoms with Crippen molar-refractivity contribution in [2.24, 2.45) is 0 Å². The van der Waals surface area contributed by atoms with Gasteiger partial charge in [0.2, 0.25) is 5.91 Å². The highest BCUT2D eigenvalue weighted by Gasteiger charge is 2.20. The van der Waals surface area contributed by atoms with E-state index in [4.69, 9.17) is 11.6 Å². The van der Waals surface area contributed by atoms with Crippen LogP contribution in [-0.4, -0.2) is 35.1 Å². The topological polar surface area (TPSA) is 40.5 Å². The molecule has 3 nitrogen and oxygen atoms in total. The molecule has 19 heavy (non-hydrogen) atoms. The Labute approximate surface area is 116 Å². The van der Waals surface area contributed by atoms with Crippen molar-refractivity contribution >= 4 is 23.6 Å². The average Bonchev–Trinajstić information content (AvgIpc) is 2.40. The van der Waals surface area contributed by atoms with Crippen LogP contribution < -0.4 is 0 Å². The summed E-state index contributed by atoms with van der Waals surface area (Å²) in [5.41, 5.74) is 0.664. The van der Waals surface area contributed by atoms with E-state index < -0.39 is 11.9 Å². The molecule has 0 aromatic heterocycles. The Kier molecular flexibility index (Phi) is 4.56. The maximum Gasteiger partial charge on any atom is 0.246 e. The highest BCUT2D eigenvalue weighted by molar-refractivity contribution is 6.30. The number of carbonyl (C=O) groups is 1. The van der Waals surface area contributed by atoms with Crippen LogP contribution in [0.25, 0.3) is 6.08 Å². The molecule has 0 spiro atoms. The first-order valence-electron chi connectivity index (χ1n) is 6.16. The van der Waals surface area contributed by atoms with E-state index in [0.29, 0.717) is 18.7 Å². The number of aliphatic hydroxyl groups excluding tert-OH is 1. The van der Waals surface area contributed by atoms with E-state index in [9.17, 15) is 14.3 Å². The Hall–Kier alpha value is -1.39. The average molecular weight is 284 g/mol. The molecule has 1 fully saturated rings. The van der Waals surface area contributed by atoms with E-state index >= 15 is 0 Å². The number of aliphatic hydroxyl groups is 1. The zero-order valence-electron chi connectivity index (χ0n) is 10.4. The normalized spacial score (nSPS) is 19.9. The molecule has 0 bridgehead atoms. The summed E-state index contributed by atoms with van der Waals surface area (Å²) < 4.78 is 13.0. The van der Waals surface area contributed by atoms with Gasteiger partial charge in [-0.3, -0.25) is 4.79 Å². The monoisotopic (exact) mass is 283 g/mol. The fourth-order valence-electron chi connectivity index (χ4n) is 2.04. The third kappa shape index (κ3) is 3.78. The van der Waals surface area contributed by atoms with Gasteiger partial charge in [0, 0.05) is 19.2 Å². The Morgan fingerprint density at radius 2 is 2.32 bits per heavy atom. The van der Waals surface area contributed by atoms with Gasteiger partial charge >= 0.3 is 0 Å². The van der Waals surface area contributed by atoms with Crippen molar-refractivity contribution in [3.63, 3.8) is 0 Å². The SMILES string of the molecule is O=C(/C=C/c1ccc(F)c(Cl)c1)N1CCC[C@H](O)C1. The maximum absolute atomic E-state index is 13.0. The van der Waals surface area contributed by atoms with Crippen LogP contribution in [0.1, 0.15) is 18.4 Å². The van der Waals surface area contributed by atoms with E-state index in [-0.39, 0.29) is 10.9 Å². The number of hydrogen-bond donors (Lipinski definition) is 1. The van der Waals surface area contributed by atoms with Gasteiger partial charge in [0.1, 0.15) is 5.82 Å². The highest BCUT2D eigenvalue weighted by atomic mass is 35.5. The molecule has 1 heterocycles. The smallest absolute Gasteiger partial charge is 0.246 e. The van der Waals surface area contributed by atoms with E-state index in [0.717, 1.165) is 12.8 Å². The van der Waals surface area contributed by atoms with Crippen molar-refractivity contribution in [2.45, 2.75) is 18.9 Å². The summed E-state index contributed by atoms with van der Waals surface area (Å²) in [6.07, 6.45) is 4.12. The van der Waals surface area contributed by atoms with E-state index in [1.165, 1.54) is 18.2 Å². The van der Waals surface area contributed by atoms with E-state index in [1.54, 1.807) is 17.0 Å². The largest absolute Gasteiger partial charge is 0.391 e. The molecule has 0 saturated carbocycles. The Morgan fingerprint density at radius 1 is 1.53 bits per heavy atom. The minimum absolute atomic E-state index is 0.0305. The summed E-state index contributed by atoms with van der Waals surface area (Å²) in [4.78, 5) is 13.5. The standard InChI is InChI=1S/C14H15ClFNO2/c15-12-8-10(3-5-13(12)16)4-6-14(19)17-7-1-2-11(18)9-17/h3-6,8,11,18H,1-2,7,9H2/b6-4+/t11-/m0/s1. The van der Waals surface area contributed by atoms with Gasteiger partial charge in [-0.05, 0) is 36.6 Å². The lowest BCUT2D eigenvalue weighted by atomic mass is 10.1. The second-order valence-corrected chi connectivity index (χ2v) is 4.99. The number of piperidine rings is 1. The van der Waals surface area contributed by atoms with Crippen molar-refractivity contribution in [3.05, 3.63) is 40.7 Å². The molecule has 1 aliphatic rings. The summed E-state index contributed by atoms with van der Waals surface area (Å²) in [5.74, 6) is -0.636. The van der Waals surface area contributed by atoms with E-state index in [2.05, 4.69) is 0 Å². The molecule has 1 aliphatic heterocycles. The number of carbonyl (C=O) groups excluding carboxylic acids is 1. The highest BCUT2D eigenvalue weighted by Crippen LogP contribution is 2.17. The lowest BCUT2D eigenvalue weighted by Gasteiger charge is -2.29. The predicted octanol–water partition coefficient (Wildman–Crippen LogP) is 2.48. The second-order valence-electron chi connectivity index (χ2n) is 4.59. The van der Waals surface area contributed by atoms with Crippen LogP contribution in [0.2, 0.25) is 5.02 Å². The number of hydrogen-bond acceptors (Lipinski definition) is 2. The van der Waals surface area contributed by atoms with Gasteiger partial charge in [-0.1, -0.05) is 17.7 Å². The maximum atomic E-state index is 13.0. The predicted molar refractivity (Wildman–Crippen MR) is 72.3 cm³/mol. The number of rotatable bonds is 2. The van der Waals surface area contributed by atoms with Gasteiger partial charge in [0.15, 0.2) is 0 Å². The van der Waals surface area contributed by atoms with Crippen molar-refractivity contribution in [2.75, 3.05) is 13.1 Å². The van der Waals surface area contributed by atoms with Crippen LogP contribution in [-0.2, 0) is 4.79 Å². The van der Waals surface area contributed by atoms with Crippen LogP contribution in [0.3, 0.4) is 0 Å². The van der Waals surface area contributed by atoms with Gasteiger partial charge in [-0.15, -0.1) is 0 Å². The molecular formula is C14H15ClFNO2. The van der Waals surface area contributed by atoms with Crippen LogP contribution in [0, 0.1) is 5.82 Å². The summed E-state index contributed by atoms with van der Waals surface area (Å²) in [6.45, 7) is 1.03. The molecule has 1 aromatic carbocycles. The zero-order valence-corrected chi connectivity index (χ0v) is 11.1. The minimum atomic E-state index is -0.482. The molecule has 0 radical (unpaired) electrons. The molecule has 1 N–H and O–H groups in total. The fraction of sp³-hybridized carbons (Fsp3) is 0.357. The molecule has 5 heteroatoms. The fourth-order valence-corrected chi connectivity index (χ4v) is 2.23. The number of β-amino-alcohol motifs (C(OH)–C–C–N with tert-alkyl or cyclic N) is 1. The molecule has 1 amide bonds. The van der Waals surface area contributed by atoms with Gasteiger partial charge in [-0.25, -0.2) is 4.39 Å². The molecule has 0 aliphatic carbocycles. The molecule has 1 aromatic rings. The first-order valence-corrected chi connectivity index (χ1v) is 6.54. The summed E-state index contributed by atoms with van der Waals surface area (Å²) in [7, 11) is 0. The van der Waals surface area contributed by atoms with Crippen molar-refractivity contribution in [3.8, 4) is 0 Å². The number of nitrogens with zero attached hydrogens (tertiary/aromatic N) is 1. The molecule has 1 saturated heterocycles. The number of amides is 1. The van der Waals surface area contributed by atoms with Crippen LogP contribution in [0.15, 0.2) is 24.3 Å². The van der Waals surface area contributed by atoms with Gasteiger partial charge in [-0.2, -0.15) is 0 Å². The molecule has 0 unspecified atom stereocenters. The first-order chi connectivity index (χ1) is 9.06. The Morgan fingerprint density at radius 3 is 3.00 bits per heavy atom. The molecule has 1 atom stereocenters. The number of likely N-dealkylation sites (tertiary alicyclic amines) is 1. The van der Waals surface area contributed by atoms with Gasteiger partial charge in [0.05, 0.1) is 11.1 Å². The number of halogens is 2. The molecule has 102 valence electrons. The third-order valence-corrected chi connectivity index (χ3v) is 3.36. The van der Waals surface area contributed by atoms with Crippen molar-refractivity contribution in [1.82, 2.24) is 4.90 Å². The number of benzene rings is 1. The lowest BCUT2D eigenvalue weighted by Crippen LogP contribution is -2.41. The van der Waals surface area contributed by atoms with Crippen LogP contribution >= 0.6 is 11.6 Å². The van der Waals surface area contributed by atoms with E-state index in [1.807, 2.05) is 0 Å². The van der Waals surface area contributed by atoms with Gasteiger partial charge in [0.25, 0.3) is 0 Å². The first kappa shape index (κ1) is 14.0. The third-order valence-electron chi connectivity index (χ3n) is 3.07. The second kappa shape index (κ2) is 6.17. The molecule has 2 rings (SSSR count). The minimum Gasteiger partial charge on any atom is -0.391 e. The van der Waals surface area contributed by atoms with Crippen LogP contribution in [0.4, 0.5) is 4.39 Å².